The van der Waals surface area contributed by atoms with Crippen molar-refractivity contribution in [1.82, 2.24) is 0 Å². The summed E-state index contributed by atoms with van der Waals surface area (Å²) in [5.74, 6) is 1.35. The molecule has 1 amide bonds. The Balaban J connectivity index is 1.52. The minimum atomic E-state index is -4.59. The van der Waals surface area contributed by atoms with Crippen LogP contribution in [0.1, 0.15) is 30.5 Å². The van der Waals surface area contributed by atoms with Crippen LogP contribution in [-0.2, 0) is 11.0 Å². The summed E-state index contributed by atoms with van der Waals surface area (Å²) in [6, 6.07) is 6.15. The first kappa shape index (κ1) is 19.7. The topological polar surface area (TPSA) is 82.1 Å². The molecule has 1 aromatic carbocycles. The van der Waals surface area contributed by atoms with E-state index < -0.39 is 17.8 Å². The van der Waals surface area contributed by atoms with Crippen LogP contribution in [0.3, 0.4) is 0 Å². The summed E-state index contributed by atoms with van der Waals surface area (Å²) in [4.78, 5) is 12.4. The highest BCUT2D eigenvalue weighted by molar-refractivity contribution is 5.95. The molecule has 2 saturated carbocycles. The van der Waals surface area contributed by atoms with Crippen LogP contribution in [0.25, 0.3) is 11.1 Å². The van der Waals surface area contributed by atoms with E-state index in [1.54, 1.807) is 0 Å². The quantitative estimate of drug-likeness (QED) is 0.602. The van der Waals surface area contributed by atoms with E-state index in [-0.39, 0.29) is 28.6 Å². The van der Waals surface area contributed by atoms with Crippen LogP contribution >= 0.6 is 0 Å². The first-order valence-corrected chi connectivity index (χ1v) is 9.62. The number of nitrogens with zero attached hydrogens (tertiary/aromatic N) is 1. The first-order chi connectivity index (χ1) is 13.6. The molecule has 0 saturated heterocycles. The van der Waals surface area contributed by atoms with Gasteiger partial charge in [0.05, 0.1) is 17.2 Å². The highest BCUT2D eigenvalue weighted by Gasteiger charge is 2.48. The number of aromatic nitrogens is 1. The molecule has 0 aliphatic heterocycles. The van der Waals surface area contributed by atoms with Crippen LogP contribution in [0.4, 0.5) is 18.9 Å². The molecule has 3 atom stereocenters. The normalized spacial score (nSPS) is 24.1. The highest BCUT2D eigenvalue weighted by Crippen LogP contribution is 2.55. The average molecular weight is 405 g/mol. The Labute approximate surface area is 166 Å². The molecule has 2 aliphatic rings. The summed E-state index contributed by atoms with van der Waals surface area (Å²) in [6.45, 7) is 1.35. The molecule has 154 valence electrons. The zero-order valence-electron chi connectivity index (χ0n) is 15.9. The van der Waals surface area contributed by atoms with Crippen molar-refractivity contribution < 1.29 is 22.7 Å². The molecule has 2 aliphatic carbocycles. The Morgan fingerprint density at radius 1 is 1.17 bits per heavy atom. The summed E-state index contributed by atoms with van der Waals surface area (Å²) in [6.07, 6.45) is -0.517. The number of nitrogens with one attached hydrogen (secondary N) is 1. The Kier molecular flexibility index (Phi) is 4.77. The highest BCUT2D eigenvalue weighted by atomic mass is 19.4. The maximum absolute atomic E-state index is 13.4. The number of halogens is 3. The fourth-order valence-corrected chi connectivity index (χ4v) is 4.46. The van der Waals surface area contributed by atoms with Crippen molar-refractivity contribution in [2.45, 2.75) is 38.4 Å². The number of rotatable bonds is 4. The molecule has 0 spiro atoms. The maximum Gasteiger partial charge on any atom is 0.417 e. The van der Waals surface area contributed by atoms with Gasteiger partial charge in [-0.05, 0) is 54.7 Å². The number of nitrogens with two attached hydrogens (primary N) is 1. The second-order valence-corrected chi connectivity index (χ2v) is 8.09. The molecular weight excluding hydrogens is 383 g/mol. The number of pyridine rings is 1. The number of fused-ring (bicyclic) bond motifs is 1. The van der Waals surface area contributed by atoms with Crippen molar-refractivity contribution in [2.24, 2.45) is 23.5 Å². The van der Waals surface area contributed by atoms with Gasteiger partial charge in [0.25, 0.3) is 0 Å². The molecule has 1 aromatic heterocycles. The Hall–Kier alpha value is -2.61. The summed E-state index contributed by atoms with van der Waals surface area (Å²) in [5, 5.41) is 14.6. The minimum absolute atomic E-state index is 0.0431. The lowest BCUT2D eigenvalue weighted by molar-refractivity contribution is -0.611. The van der Waals surface area contributed by atoms with E-state index in [2.05, 4.69) is 5.32 Å². The van der Waals surface area contributed by atoms with E-state index in [1.165, 1.54) is 37.6 Å². The molecule has 4 rings (SSSR count). The van der Waals surface area contributed by atoms with E-state index >= 15 is 0 Å². The minimum Gasteiger partial charge on any atom is -0.618 e. The van der Waals surface area contributed by atoms with Crippen LogP contribution in [0.15, 0.2) is 36.5 Å². The van der Waals surface area contributed by atoms with E-state index in [4.69, 9.17) is 5.73 Å². The Bertz CT molecular complexity index is 933. The number of amides is 1. The predicted molar refractivity (Wildman–Crippen MR) is 102 cm³/mol. The molecule has 0 bridgehead atoms. The number of benzene rings is 1. The van der Waals surface area contributed by atoms with Gasteiger partial charge in [-0.1, -0.05) is 12.1 Å². The van der Waals surface area contributed by atoms with Crippen LogP contribution < -0.4 is 15.8 Å². The zero-order valence-corrected chi connectivity index (χ0v) is 15.9. The lowest BCUT2D eigenvalue weighted by atomic mass is 9.94. The number of hydrogen-bond donors (Lipinski definition) is 2. The molecular formula is C21H22F3N3O2. The Morgan fingerprint density at radius 3 is 2.38 bits per heavy atom. The third-order valence-corrected chi connectivity index (χ3v) is 6.18. The van der Waals surface area contributed by atoms with Crippen molar-refractivity contribution in [3.05, 3.63) is 53.0 Å². The van der Waals surface area contributed by atoms with Gasteiger partial charge < -0.3 is 16.3 Å². The smallest absolute Gasteiger partial charge is 0.417 e. The van der Waals surface area contributed by atoms with Crippen LogP contribution in [0.2, 0.25) is 0 Å². The molecule has 2 fully saturated rings. The molecule has 5 nitrogen and oxygen atoms in total. The van der Waals surface area contributed by atoms with Crippen molar-refractivity contribution in [3.8, 4) is 11.1 Å². The average Bonchev–Trinajstić information content (AvgIpc) is 3.28. The largest absolute Gasteiger partial charge is 0.618 e. The first-order valence-electron chi connectivity index (χ1n) is 9.62. The van der Waals surface area contributed by atoms with E-state index in [9.17, 15) is 23.2 Å². The third kappa shape index (κ3) is 3.81. The molecule has 8 heteroatoms. The SMILES string of the molecule is Cc1c(-c2ccc(NC(=O)C(N)C3CC4CC4C3)cc2)c(C(F)(F)F)cc[n+]1[O-]. The molecule has 29 heavy (non-hydrogen) atoms. The van der Waals surface area contributed by atoms with Crippen molar-refractivity contribution in [2.75, 3.05) is 5.32 Å². The monoisotopic (exact) mass is 405 g/mol. The lowest BCUT2D eigenvalue weighted by Gasteiger charge is -2.20. The Morgan fingerprint density at radius 2 is 1.79 bits per heavy atom. The fraction of sp³-hybridized carbons (Fsp3) is 0.429. The van der Waals surface area contributed by atoms with Gasteiger partial charge in [0.15, 0.2) is 11.9 Å². The molecule has 2 aromatic rings. The van der Waals surface area contributed by atoms with Gasteiger partial charge >= 0.3 is 6.18 Å². The second kappa shape index (κ2) is 7.02. The summed E-state index contributed by atoms with van der Waals surface area (Å²) >= 11 is 0. The van der Waals surface area contributed by atoms with Crippen molar-refractivity contribution in [3.63, 3.8) is 0 Å². The lowest BCUT2D eigenvalue weighted by Crippen LogP contribution is -2.41. The summed E-state index contributed by atoms with van der Waals surface area (Å²) in [5.41, 5.74) is 5.72. The summed E-state index contributed by atoms with van der Waals surface area (Å²) in [7, 11) is 0. The fourth-order valence-electron chi connectivity index (χ4n) is 4.46. The van der Waals surface area contributed by atoms with Crippen molar-refractivity contribution >= 4 is 11.6 Å². The van der Waals surface area contributed by atoms with Gasteiger partial charge in [-0.3, -0.25) is 4.79 Å². The number of anilines is 1. The van der Waals surface area contributed by atoms with Gasteiger partial charge in [0, 0.05) is 18.7 Å². The van der Waals surface area contributed by atoms with Crippen molar-refractivity contribution in [1.29, 1.82) is 0 Å². The zero-order chi connectivity index (χ0) is 20.9. The molecule has 1 heterocycles. The number of carbonyl (C=O) groups excluding carboxylic acids is 1. The van der Waals surface area contributed by atoms with Crippen LogP contribution in [0.5, 0.6) is 0 Å². The van der Waals surface area contributed by atoms with Gasteiger partial charge in [-0.15, -0.1) is 0 Å². The van der Waals surface area contributed by atoms with Gasteiger partial charge in [0.2, 0.25) is 5.91 Å². The number of carbonyl (C=O) groups is 1. The maximum atomic E-state index is 13.4. The number of hydrogen-bond acceptors (Lipinski definition) is 3. The third-order valence-electron chi connectivity index (χ3n) is 6.18. The van der Waals surface area contributed by atoms with Gasteiger partial charge in [0.1, 0.15) is 0 Å². The molecule has 3 N–H and O–H groups in total. The van der Waals surface area contributed by atoms with Gasteiger partial charge in [-0.25, -0.2) is 0 Å². The second-order valence-electron chi connectivity index (χ2n) is 8.09. The van der Waals surface area contributed by atoms with E-state index in [1.807, 2.05) is 0 Å². The van der Waals surface area contributed by atoms with Crippen LogP contribution in [0, 0.1) is 29.9 Å². The molecule has 3 unspecified atom stereocenters. The number of alkyl halides is 3. The summed E-state index contributed by atoms with van der Waals surface area (Å²) < 4.78 is 40.6. The van der Waals surface area contributed by atoms with E-state index in [0.717, 1.165) is 36.9 Å². The van der Waals surface area contributed by atoms with Crippen LogP contribution in [-0.4, -0.2) is 11.9 Å². The molecule has 0 radical (unpaired) electrons. The van der Waals surface area contributed by atoms with Gasteiger partial charge in [-0.2, -0.15) is 17.9 Å². The standard InChI is InChI=1S/C21H22F3N3O2/c1-11-18(17(21(22,23)24)6-7-27(11)29)12-2-4-16(5-3-12)26-20(28)19(25)15-9-13-8-14(13)10-15/h2-7,13-15,19H,8-10,25H2,1H3,(H,26,28). The van der Waals surface area contributed by atoms with E-state index in [0.29, 0.717) is 10.4 Å². The predicted octanol–water partition coefficient (Wildman–Crippen LogP) is 3.63.